The van der Waals surface area contributed by atoms with Gasteiger partial charge < -0.3 is 10.6 Å². The Morgan fingerprint density at radius 2 is 2.11 bits per heavy atom. The smallest absolute Gasteiger partial charge is 0.274 e. The molecule has 5 heteroatoms. The van der Waals surface area contributed by atoms with Gasteiger partial charge in [0.15, 0.2) is 0 Å². The van der Waals surface area contributed by atoms with E-state index >= 15 is 0 Å². The number of likely N-dealkylation sites (tertiary alicyclic amines) is 1. The van der Waals surface area contributed by atoms with E-state index in [1.54, 1.807) is 0 Å². The van der Waals surface area contributed by atoms with Crippen molar-refractivity contribution in [3.05, 3.63) is 18.1 Å². The summed E-state index contributed by atoms with van der Waals surface area (Å²) < 4.78 is 0. The molecule has 3 unspecified atom stereocenters. The molecule has 2 heterocycles. The van der Waals surface area contributed by atoms with Crippen LogP contribution in [0.2, 0.25) is 0 Å². The Hall–Kier alpha value is -1.65. The van der Waals surface area contributed by atoms with Gasteiger partial charge in [0.2, 0.25) is 0 Å². The van der Waals surface area contributed by atoms with Crippen molar-refractivity contribution in [2.75, 3.05) is 12.3 Å². The Labute approximate surface area is 107 Å². The van der Waals surface area contributed by atoms with Gasteiger partial charge in [-0.05, 0) is 25.2 Å². The second kappa shape index (κ2) is 4.92. The highest BCUT2D eigenvalue weighted by Crippen LogP contribution is 2.27. The lowest BCUT2D eigenvalue weighted by molar-refractivity contribution is 0.0449. The van der Waals surface area contributed by atoms with Crippen molar-refractivity contribution in [2.45, 2.75) is 33.2 Å². The van der Waals surface area contributed by atoms with Crippen molar-refractivity contribution in [3.63, 3.8) is 0 Å². The summed E-state index contributed by atoms with van der Waals surface area (Å²) in [5.74, 6) is 1.24. The fourth-order valence-electron chi connectivity index (χ4n) is 2.61. The summed E-state index contributed by atoms with van der Waals surface area (Å²) in [7, 11) is 0. The number of rotatable bonds is 1. The highest BCUT2D eigenvalue weighted by molar-refractivity contribution is 5.92. The van der Waals surface area contributed by atoms with E-state index in [1.165, 1.54) is 12.4 Å². The summed E-state index contributed by atoms with van der Waals surface area (Å²) >= 11 is 0. The molecule has 2 N–H and O–H groups in total. The van der Waals surface area contributed by atoms with Crippen LogP contribution in [0.4, 0.5) is 5.82 Å². The minimum absolute atomic E-state index is 0.0688. The van der Waals surface area contributed by atoms with Crippen LogP contribution >= 0.6 is 0 Å². The van der Waals surface area contributed by atoms with Gasteiger partial charge in [-0.1, -0.05) is 13.8 Å². The zero-order valence-electron chi connectivity index (χ0n) is 11.1. The van der Waals surface area contributed by atoms with Gasteiger partial charge in [-0.15, -0.1) is 0 Å². The fourth-order valence-corrected chi connectivity index (χ4v) is 2.61. The average molecular weight is 248 g/mol. The van der Waals surface area contributed by atoms with Crippen molar-refractivity contribution >= 4 is 11.7 Å². The van der Waals surface area contributed by atoms with Crippen LogP contribution in [0.15, 0.2) is 12.4 Å². The van der Waals surface area contributed by atoms with E-state index in [-0.39, 0.29) is 17.8 Å². The molecular formula is C13H20N4O. The molecule has 0 aromatic carbocycles. The Morgan fingerprint density at radius 3 is 2.78 bits per heavy atom. The van der Waals surface area contributed by atoms with Gasteiger partial charge in [0.1, 0.15) is 11.5 Å². The molecule has 0 radical (unpaired) electrons. The number of nitrogen functional groups attached to an aromatic ring is 1. The van der Waals surface area contributed by atoms with Crippen molar-refractivity contribution in [2.24, 2.45) is 11.8 Å². The minimum atomic E-state index is -0.0688. The maximum absolute atomic E-state index is 12.4. The van der Waals surface area contributed by atoms with Gasteiger partial charge in [-0.3, -0.25) is 9.78 Å². The standard InChI is InChI=1S/C13H20N4O/c1-8-4-9(2)10(3)17(7-8)13(18)11-5-15-6-12(14)16-11/h5-6,8-10H,4,7H2,1-3H3,(H2,14,16). The number of piperidine rings is 1. The van der Waals surface area contributed by atoms with Crippen LogP contribution in [0.25, 0.3) is 0 Å². The molecule has 1 aliphatic heterocycles. The van der Waals surface area contributed by atoms with Crippen LogP contribution in [0.5, 0.6) is 0 Å². The highest BCUT2D eigenvalue weighted by Gasteiger charge is 2.32. The number of nitrogens with zero attached hydrogens (tertiary/aromatic N) is 3. The second-order valence-corrected chi connectivity index (χ2v) is 5.35. The molecule has 0 spiro atoms. The third kappa shape index (κ3) is 2.44. The summed E-state index contributed by atoms with van der Waals surface area (Å²) in [6, 6.07) is 0.233. The monoisotopic (exact) mass is 248 g/mol. The molecule has 1 amide bonds. The fraction of sp³-hybridized carbons (Fsp3) is 0.615. The minimum Gasteiger partial charge on any atom is -0.382 e. The van der Waals surface area contributed by atoms with Gasteiger partial charge in [-0.25, -0.2) is 4.98 Å². The number of aromatic nitrogens is 2. The maximum Gasteiger partial charge on any atom is 0.274 e. The molecule has 1 aromatic heterocycles. The number of carbonyl (C=O) groups excluding carboxylic acids is 1. The molecule has 2 rings (SSSR count). The molecule has 1 aromatic rings. The Balaban J connectivity index is 2.22. The summed E-state index contributed by atoms with van der Waals surface area (Å²) in [4.78, 5) is 22.3. The molecule has 1 aliphatic rings. The predicted octanol–water partition coefficient (Wildman–Crippen LogP) is 1.57. The zero-order valence-corrected chi connectivity index (χ0v) is 11.1. The first kappa shape index (κ1) is 12.8. The lowest BCUT2D eigenvalue weighted by Gasteiger charge is -2.40. The molecule has 1 saturated heterocycles. The molecular weight excluding hydrogens is 228 g/mol. The van der Waals surface area contributed by atoms with Gasteiger partial charge in [-0.2, -0.15) is 0 Å². The molecule has 0 saturated carbocycles. The zero-order chi connectivity index (χ0) is 13.3. The number of nitrogens with two attached hydrogens (primary N) is 1. The van der Waals surface area contributed by atoms with Crippen LogP contribution in [-0.2, 0) is 0 Å². The van der Waals surface area contributed by atoms with E-state index in [4.69, 9.17) is 5.73 Å². The molecule has 5 nitrogen and oxygen atoms in total. The molecule has 18 heavy (non-hydrogen) atoms. The number of amides is 1. The first-order valence-electron chi connectivity index (χ1n) is 6.37. The topological polar surface area (TPSA) is 72.1 Å². The first-order valence-corrected chi connectivity index (χ1v) is 6.37. The molecule has 1 fully saturated rings. The Bertz CT molecular complexity index is 448. The van der Waals surface area contributed by atoms with Gasteiger partial charge >= 0.3 is 0 Å². The van der Waals surface area contributed by atoms with Crippen LogP contribution in [0.1, 0.15) is 37.7 Å². The normalized spacial score (nSPS) is 28.2. The largest absolute Gasteiger partial charge is 0.382 e. The second-order valence-electron chi connectivity index (χ2n) is 5.35. The van der Waals surface area contributed by atoms with Gasteiger partial charge in [0.25, 0.3) is 5.91 Å². The Kier molecular flexibility index (Phi) is 3.50. The molecule has 98 valence electrons. The van der Waals surface area contributed by atoms with Crippen molar-refractivity contribution < 1.29 is 4.79 Å². The van der Waals surface area contributed by atoms with E-state index in [2.05, 4.69) is 30.7 Å². The van der Waals surface area contributed by atoms with Crippen molar-refractivity contribution in [1.29, 1.82) is 0 Å². The van der Waals surface area contributed by atoms with E-state index < -0.39 is 0 Å². The summed E-state index contributed by atoms with van der Waals surface area (Å²) in [5.41, 5.74) is 5.91. The number of hydrogen-bond acceptors (Lipinski definition) is 4. The first-order chi connectivity index (χ1) is 8.49. The van der Waals surface area contributed by atoms with Crippen LogP contribution in [0.3, 0.4) is 0 Å². The van der Waals surface area contributed by atoms with E-state index in [0.717, 1.165) is 13.0 Å². The highest BCUT2D eigenvalue weighted by atomic mass is 16.2. The number of hydrogen-bond donors (Lipinski definition) is 1. The van der Waals surface area contributed by atoms with Crippen LogP contribution in [-0.4, -0.2) is 33.4 Å². The third-order valence-corrected chi connectivity index (χ3v) is 3.73. The lowest BCUT2D eigenvalue weighted by atomic mass is 9.86. The third-order valence-electron chi connectivity index (χ3n) is 3.73. The SMILES string of the molecule is CC1CC(C)C(C)N(C(=O)c2cncc(N)n2)C1. The summed E-state index contributed by atoms with van der Waals surface area (Å²) in [6.45, 7) is 7.23. The van der Waals surface area contributed by atoms with Gasteiger partial charge in [0, 0.05) is 12.6 Å². The summed E-state index contributed by atoms with van der Waals surface area (Å²) in [5, 5.41) is 0. The van der Waals surface area contributed by atoms with Gasteiger partial charge in [0.05, 0.1) is 12.4 Å². The van der Waals surface area contributed by atoms with Crippen molar-refractivity contribution in [3.8, 4) is 0 Å². The molecule has 3 atom stereocenters. The maximum atomic E-state index is 12.4. The Morgan fingerprint density at radius 1 is 1.39 bits per heavy atom. The molecule has 0 bridgehead atoms. The van der Waals surface area contributed by atoms with E-state index in [0.29, 0.717) is 17.5 Å². The van der Waals surface area contributed by atoms with Crippen LogP contribution in [0, 0.1) is 11.8 Å². The van der Waals surface area contributed by atoms with E-state index in [1.807, 2.05) is 4.90 Å². The predicted molar refractivity (Wildman–Crippen MR) is 69.9 cm³/mol. The lowest BCUT2D eigenvalue weighted by Crippen LogP contribution is -2.49. The van der Waals surface area contributed by atoms with Crippen molar-refractivity contribution in [1.82, 2.24) is 14.9 Å². The van der Waals surface area contributed by atoms with E-state index in [9.17, 15) is 4.79 Å². The summed E-state index contributed by atoms with van der Waals surface area (Å²) in [6.07, 6.45) is 4.09. The van der Waals surface area contributed by atoms with Crippen LogP contribution < -0.4 is 5.73 Å². The molecule has 0 aliphatic carbocycles. The average Bonchev–Trinajstić information content (AvgIpc) is 2.33. The number of anilines is 1. The number of carbonyl (C=O) groups is 1. The quantitative estimate of drug-likeness (QED) is 0.818.